The summed E-state index contributed by atoms with van der Waals surface area (Å²) in [5, 5.41) is 18.3. The minimum absolute atomic E-state index is 0.131. The van der Waals surface area contributed by atoms with Crippen LogP contribution in [0.25, 0.3) is 0 Å². The van der Waals surface area contributed by atoms with Crippen LogP contribution in [0.15, 0.2) is 6.07 Å². The first kappa shape index (κ1) is 18.4. The molecular formula is C16H21FN4O4S. The van der Waals surface area contributed by atoms with Crippen LogP contribution in [0.4, 0.5) is 10.1 Å². The van der Waals surface area contributed by atoms with Gasteiger partial charge in [0.25, 0.3) is 5.91 Å². The van der Waals surface area contributed by atoms with Crippen molar-refractivity contribution in [1.29, 1.82) is 5.41 Å². The van der Waals surface area contributed by atoms with Gasteiger partial charge in [-0.05, 0) is 24.5 Å². The molecule has 0 aliphatic carbocycles. The topological polar surface area (TPSA) is 114 Å². The summed E-state index contributed by atoms with van der Waals surface area (Å²) in [4.78, 5) is 13.2. The Bertz CT molecular complexity index is 871. The number of anilines is 1. The Morgan fingerprint density at radius 3 is 2.77 bits per heavy atom. The highest BCUT2D eigenvalue weighted by molar-refractivity contribution is 7.92. The molecular weight excluding hydrogens is 363 g/mol. The molecule has 2 heterocycles. The van der Waals surface area contributed by atoms with E-state index in [1.807, 2.05) is 6.92 Å². The summed E-state index contributed by atoms with van der Waals surface area (Å²) in [6.07, 6.45) is 2.86. The number of benzene rings is 1. The Balaban J connectivity index is 1.97. The van der Waals surface area contributed by atoms with Crippen LogP contribution in [-0.4, -0.2) is 43.3 Å². The predicted molar refractivity (Wildman–Crippen MR) is 93.8 cm³/mol. The van der Waals surface area contributed by atoms with E-state index in [9.17, 15) is 18.3 Å². The summed E-state index contributed by atoms with van der Waals surface area (Å²) in [7, 11) is -4.22. The van der Waals surface area contributed by atoms with Gasteiger partial charge in [0, 0.05) is 25.1 Å². The van der Waals surface area contributed by atoms with Gasteiger partial charge in [0.2, 0.25) is 0 Å². The van der Waals surface area contributed by atoms with Crippen molar-refractivity contribution in [1.82, 2.24) is 9.62 Å². The van der Waals surface area contributed by atoms with Crippen LogP contribution in [0.5, 0.6) is 5.75 Å². The summed E-state index contributed by atoms with van der Waals surface area (Å²) >= 11 is 0. The fourth-order valence-corrected chi connectivity index (χ4v) is 4.42. The number of phenols is 1. The number of carbonyl (C=O) groups excluding carboxylic acids is 1. The normalized spacial score (nSPS) is 18.6. The smallest absolute Gasteiger partial charge is 0.326 e. The molecule has 1 aromatic carbocycles. The highest BCUT2D eigenvalue weighted by Crippen LogP contribution is 2.39. The van der Waals surface area contributed by atoms with Crippen LogP contribution >= 0.6 is 0 Å². The first-order chi connectivity index (χ1) is 12.2. The third-order valence-electron chi connectivity index (χ3n) is 4.63. The van der Waals surface area contributed by atoms with Gasteiger partial charge >= 0.3 is 10.2 Å². The molecule has 0 atom stereocenters. The molecule has 26 heavy (non-hydrogen) atoms. The molecule has 0 saturated carbocycles. The van der Waals surface area contributed by atoms with Gasteiger partial charge in [-0.25, -0.2) is 13.4 Å². The SMILES string of the molecule is CCCCC(=N)N1CCc2cc(O)c(N3CC(=O)NS3(=O)=O)c(F)c2C1. The quantitative estimate of drug-likeness (QED) is 0.534. The fraction of sp³-hybridized carbons (Fsp3) is 0.500. The van der Waals surface area contributed by atoms with E-state index in [0.717, 1.165) is 12.8 Å². The van der Waals surface area contributed by atoms with E-state index in [-0.39, 0.29) is 12.1 Å². The van der Waals surface area contributed by atoms with Gasteiger partial charge in [-0.2, -0.15) is 8.42 Å². The zero-order valence-electron chi connectivity index (χ0n) is 14.4. The zero-order valence-corrected chi connectivity index (χ0v) is 15.2. The van der Waals surface area contributed by atoms with Crippen molar-refractivity contribution in [3.8, 4) is 5.75 Å². The number of unbranched alkanes of at least 4 members (excludes halogenated alkanes) is 1. The molecule has 0 spiro atoms. The highest BCUT2D eigenvalue weighted by Gasteiger charge is 2.39. The highest BCUT2D eigenvalue weighted by atomic mass is 32.2. The number of amidine groups is 1. The summed E-state index contributed by atoms with van der Waals surface area (Å²) in [5.41, 5.74) is 0.308. The average molecular weight is 384 g/mol. The van der Waals surface area contributed by atoms with Crippen molar-refractivity contribution in [2.45, 2.75) is 39.2 Å². The molecule has 0 aromatic heterocycles. The van der Waals surface area contributed by atoms with Crippen molar-refractivity contribution >= 4 is 27.6 Å². The molecule has 1 fully saturated rings. The van der Waals surface area contributed by atoms with Crippen LogP contribution < -0.4 is 9.03 Å². The maximum atomic E-state index is 15.1. The third kappa shape index (κ3) is 3.20. The minimum Gasteiger partial charge on any atom is -0.506 e. The lowest BCUT2D eigenvalue weighted by Gasteiger charge is -2.32. The van der Waals surface area contributed by atoms with Gasteiger partial charge in [-0.15, -0.1) is 0 Å². The van der Waals surface area contributed by atoms with E-state index in [4.69, 9.17) is 5.41 Å². The molecule has 0 unspecified atom stereocenters. The Labute approximate surface area is 151 Å². The Morgan fingerprint density at radius 2 is 2.15 bits per heavy atom. The summed E-state index contributed by atoms with van der Waals surface area (Å²) in [6, 6.07) is 1.35. The number of hydrogen-bond acceptors (Lipinski definition) is 5. The summed E-state index contributed by atoms with van der Waals surface area (Å²) in [6.45, 7) is 2.11. The van der Waals surface area contributed by atoms with Crippen molar-refractivity contribution in [3.05, 3.63) is 23.0 Å². The molecule has 8 nitrogen and oxygen atoms in total. The van der Waals surface area contributed by atoms with E-state index in [0.29, 0.717) is 35.1 Å². The van der Waals surface area contributed by atoms with Gasteiger partial charge in [0.15, 0.2) is 5.82 Å². The van der Waals surface area contributed by atoms with Crippen molar-refractivity contribution in [2.24, 2.45) is 0 Å². The number of rotatable bonds is 4. The monoisotopic (exact) mass is 384 g/mol. The van der Waals surface area contributed by atoms with Crippen molar-refractivity contribution in [3.63, 3.8) is 0 Å². The summed E-state index contributed by atoms with van der Waals surface area (Å²) < 4.78 is 41.4. The first-order valence-corrected chi connectivity index (χ1v) is 9.87. The number of hydrogen-bond donors (Lipinski definition) is 3. The van der Waals surface area contributed by atoms with Gasteiger partial charge in [0.05, 0.1) is 5.84 Å². The second-order valence-corrected chi connectivity index (χ2v) is 8.05. The molecule has 1 saturated heterocycles. The zero-order chi connectivity index (χ0) is 19.1. The van der Waals surface area contributed by atoms with Gasteiger partial charge < -0.3 is 10.0 Å². The van der Waals surface area contributed by atoms with Crippen molar-refractivity contribution < 1.29 is 22.7 Å². The number of phenolic OH excluding ortho intramolecular Hbond substituents is 1. The molecule has 3 rings (SSSR count). The first-order valence-electron chi connectivity index (χ1n) is 8.43. The van der Waals surface area contributed by atoms with Crippen LogP contribution in [0.1, 0.15) is 37.3 Å². The van der Waals surface area contributed by atoms with Crippen molar-refractivity contribution in [2.75, 3.05) is 17.4 Å². The number of fused-ring (bicyclic) bond motifs is 1. The maximum Gasteiger partial charge on any atom is 0.326 e. The fourth-order valence-electron chi connectivity index (χ4n) is 3.25. The van der Waals surface area contributed by atoms with Crippen LogP contribution in [-0.2, 0) is 28.0 Å². The largest absolute Gasteiger partial charge is 0.506 e. The lowest BCUT2D eigenvalue weighted by Crippen LogP contribution is -2.37. The predicted octanol–water partition coefficient (Wildman–Crippen LogP) is 1.24. The third-order valence-corrected chi connectivity index (χ3v) is 6.01. The molecule has 1 aromatic rings. The minimum atomic E-state index is -4.22. The molecule has 10 heteroatoms. The molecule has 0 bridgehead atoms. The van der Waals surface area contributed by atoms with E-state index < -0.39 is 39.9 Å². The molecule has 142 valence electrons. The second-order valence-electron chi connectivity index (χ2n) is 6.45. The Hall–Kier alpha value is -2.36. The second kappa shape index (κ2) is 6.75. The number of aromatic hydroxyl groups is 1. The van der Waals surface area contributed by atoms with E-state index in [1.165, 1.54) is 6.07 Å². The summed E-state index contributed by atoms with van der Waals surface area (Å²) in [5.74, 6) is -1.76. The standard InChI is InChI=1S/C16H21FN4O4S/c1-2-3-4-13(18)20-6-5-10-7-12(22)16(15(17)11(10)8-20)21-9-14(23)19-26(21,24)25/h7,18,22H,2-6,8-9H2,1H3,(H,19,23). The van der Waals surface area contributed by atoms with Gasteiger partial charge in [-0.1, -0.05) is 13.3 Å². The number of halogens is 1. The number of amides is 1. The Kier molecular flexibility index (Phi) is 4.78. The van der Waals surface area contributed by atoms with E-state index >= 15 is 4.39 Å². The number of nitrogens with zero attached hydrogens (tertiary/aromatic N) is 2. The molecule has 1 amide bonds. The van der Waals surface area contributed by atoms with Gasteiger partial charge in [-0.3, -0.25) is 10.2 Å². The lowest BCUT2D eigenvalue weighted by atomic mass is 9.97. The number of carbonyl (C=O) groups is 1. The van der Waals surface area contributed by atoms with E-state index in [1.54, 1.807) is 9.62 Å². The molecule has 0 radical (unpaired) electrons. The van der Waals surface area contributed by atoms with Gasteiger partial charge in [0.1, 0.15) is 18.0 Å². The molecule has 2 aliphatic rings. The van der Waals surface area contributed by atoms with E-state index in [2.05, 4.69) is 0 Å². The van der Waals surface area contributed by atoms with Crippen LogP contribution in [0.2, 0.25) is 0 Å². The molecule has 3 N–H and O–H groups in total. The lowest BCUT2D eigenvalue weighted by molar-refractivity contribution is -0.117. The van der Waals surface area contributed by atoms with Crippen LogP contribution in [0.3, 0.4) is 0 Å². The molecule has 2 aliphatic heterocycles. The maximum absolute atomic E-state index is 15.1. The van der Waals surface area contributed by atoms with Crippen LogP contribution in [0, 0.1) is 11.2 Å². The average Bonchev–Trinajstić information content (AvgIpc) is 2.84. The Morgan fingerprint density at radius 1 is 1.42 bits per heavy atom. The number of nitrogens with one attached hydrogen (secondary N) is 2.